The summed E-state index contributed by atoms with van der Waals surface area (Å²) >= 11 is 5.61. The number of nitrogens with one attached hydrogen (secondary N) is 2. The van der Waals surface area contributed by atoms with Crippen LogP contribution in [0.5, 0.6) is 0 Å². The van der Waals surface area contributed by atoms with Gasteiger partial charge in [0.15, 0.2) is 16.8 Å². The zero-order chi connectivity index (χ0) is 21.3. The van der Waals surface area contributed by atoms with Gasteiger partial charge in [0.05, 0.1) is 18.9 Å². The van der Waals surface area contributed by atoms with Crippen molar-refractivity contribution in [3.63, 3.8) is 0 Å². The van der Waals surface area contributed by atoms with Gasteiger partial charge in [-0.15, -0.1) is 0 Å². The molecule has 0 bridgehead atoms. The third-order valence-corrected chi connectivity index (χ3v) is 5.13. The number of hydrogen-bond acceptors (Lipinski definition) is 7. The predicted molar refractivity (Wildman–Crippen MR) is 111 cm³/mol. The molecule has 1 aliphatic heterocycles. The van der Waals surface area contributed by atoms with Crippen LogP contribution in [0.4, 0.5) is 21.8 Å². The number of amides is 1. The minimum Gasteiger partial charge on any atom is -0.350 e. The van der Waals surface area contributed by atoms with Gasteiger partial charge >= 0.3 is 0 Å². The first-order valence-corrected chi connectivity index (χ1v) is 9.78. The van der Waals surface area contributed by atoms with E-state index < -0.39 is 5.82 Å². The van der Waals surface area contributed by atoms with Crippen molar-refractivity contribution in [3.05, 3.63) is 53.0 Å². The monoisotopic (exact) mass is 430 g/mol. The molecule has 4 rings (SSSR count). The largest absolute Gasteiger partial charge is 0.350 e. The number of fused-ring (bicyclic) bond motifs is 1. The lowest BCUT2D eigenvalue weighted by Gasteiger charge is -2.33. The molecule has 0 aliphatic carbocycles. The predicted octanol–water partition coefficient (Wildman–Crippen LogP) is 2.69. The summed E-state index contributed by atoms with van der Waals surface area (Å²) in [5.74, 6) is 0.509. The number of hydrogen-bond donors (Lipinski definition) is 2. The molecule has 30 heavy (non-hydrogen) atoms. The third-order valence-electron chi connectivity index (χ3n) is 4.85. The smallest absolute Gasteiger partial charge is 0.247 e. The highest BCUT2D eigenvalue weighted by molar-refractivity contribution is 6.29. The molecule has 1 amide bonds. The quantitative estimate of drug-likeness (QED) is 0.580. The summed E-state index contributed by atoms with van der Waals surface area (Å²) in [6.45, 7) is 2.79. The molecule has 0 radical (unpaired) electrons. The summed E-state index contributed by atoms with van der Waals surface area (Å²) in [4.78, 5) is 26.6. The van der Waals surface area contributed by atoms with Gasteiger partial charge in [-0.2, -0.15) is 10.1 Å². The van der Waals surface area contributed by atoms with Crippen molar-refractivity contribution in [1.82, 2.24) is 24.7 Å². The van der Waals surface area contributed by atoms with Crippen LogP contribution in [0.25, 0.3) is 0 Å². The molecule has 2 N–H and O–H groups in total. The molecular formula is C19H20ClFN8O. The standard InChI is InChI=1S/C19H20ClFN8O/c1-3-15-18(30)26-14-8-24-19(27-17(14)28(15)2)23-6-12-7-25-29(10-12)9-11-4-13(21)16(20)22-5-11/h4-5,7-8,10,15H,3,6,9H2,1-2H3,(H,26,30)(H,23,24,27)/t15-/m0/s1. The van der Waals surface area contributed by atoms with Gasteiger partial charge in [0.1, 0.15) is 11.7 Å². The molecule has 11 heteroatoms. The van der Waals surface area contributed by atoms with Crippen LogP contribution in [0.1, 0.15) is 24.5 Å². The van der Waals surface area contributed by atoms with E-state index in [9.17, 15) is 9.18 Å². The summed E-state index contributed by atoms with van der Waals surface area (Å²) in [6, 6.07) is 1.08. The molecule has 0 aromatic carbocycles. The van der Waals surface area contributed by atoms with Crippen LogP contribution in [-0.4, -0.2) is 43.7 Å². The number of likely N-dealkylation sites (N-methyl/N-ethyl adjacent to an activating group) is 1. The van der Waals surface area contributed by atoms with E-state index in [0.29, 0.717) is 42.5 Å². The van der Waals surface area contributed by atoms with Gasteiger partial charge in [0, 0.05) is 31.5 Å². The molecule has 1 aliphatic rings. The Bertz CT molecular complexity index is 1090. The van der Waals surface area contributed by atoms with Crippen molar-refractivity contribution >= 4 is 35.0 Å². The number of aromatic nitrogens is 5. The van der Waals surface area contributed by atoms with Gasteiger partial charge in [-0.05, 0) is 18.1 Å². The maximum Gasteiger partial charge on any atom is 0.247 e. The van der Waals surface area contributed by atoms with Crippen molar-refractivity contribution in [2.75, 3.05) is 22.6 Å². The Morgan fingerprint density at radius 1 is 1.27 bits per heavy atom. The lowest BCUT2D eigenvalue weighted by molar-refractivity contribution is -0.117. The van der Waals surface area contributed by atoms with Crippen LogP contribution >= 0.6 is 11.6 Å². The fourth-order valence-corrected chi connectivity index (χ4v) is 3.42. The Morgan fingerprint density at radius 2 is 2.10 bits per heavy atom. The summed E-state index contributed by atoms with van der Waals surface area (Å²) in [5.41, 5.74) is 2.16. The van der Waals surface area contributed by atoms with Gasteiger partial charge in [0.2, 0.25) is 11.9 Å². The van der Waals surface area contributed by atoms with Crippen molar-refractivity contribution in [3.8, 4) is 0 Å². The minimum atomic E-state index is -0.556. The average molecular weight is 431 g/mol. The number of rotatable bonds is 6. The molecule has 0 saturated carbocycles. The van der Waals surface area contributed by atoms with Crippen molar-refractivity contribution in [1.29, 1.82) is 0 Å². The second-order valence-electron chi connectivity index (χ2n) is 6.97. The number of carbonyl (C=O) groups excluding carboxylic acids is 1. The number of nitrogens with zero attached hydrogens (tertiary/aromatic N) is 6. The van der Waals surface area contributed by atoms with Gasteiger partial charge < -0.3 is 15.5 Å². The SMILES string of the molecule is CC[C@H]1C(=O)Nc2cnc(NCc3cnn(Cc4cnc(Cl)c(F)c4)c3)nc2N1C. The van der Waals surface area contributed by atoms with Gasteiger partial charge in [-0.25, -0.2) is 14.4 Å². The van der Waals surface area contributed by atoms with Gasteiger partial charge in [-0.3, -0.25) is 9.48 Å². The summed E-state index contributed by atoms with van der Waals surface area (Å²) in [5, 5.41) is 10.1. The first-order chi connectivity index (χ1) is 14.4. The molecular weight excluding hydrogens is 411 g/mol. The van der Waals surface area contributed by atoms with E-state index in [4.69, 9.17) is 11.6 Å². The number of halogens is 2. The molecule has 0 spiro atoms. The molecule has 4 heterocycles. The molecule has 0 saturated heterocycles. The molecule has 3 aromatic heterocycles. The molecule has 156 valence electrons. The number of anilines is 3. The van der Waals surface area contributed by atoms with Crippen LogP contribution in [0.3, 0.4) is 0 Å². The highest BCUT2D eigenvalue weighted by atomic mass is 35.5. The van der Waals surface area contributed by atoms with Crippen LogP contribution in [0, 0.1) is 5.82 Å². The number of pyridine rings is 1. The Morgan fingerprint density at radius 3 is 2.87 bits per heavy atom. The molecule has 9 nitrogen and oxygen atoms in total. The van der Waals surface area contributed by atoms with E-state index in [1.807, 2.05) is 25.1 Å². The lowest BCUT2D eigenvalue weighted by Crippen LogP contribution is -2.46. The first kappa shape index (κ1) is 20.0. The van der Waals surface area contributed by atoms with Crippen LogP contribution < -0.4 is 15.5 Å². The summed E-state index contributed by atoms with van der Waals surface area (Å²) in [7, 11) is 1.85. The zero-order valence-electron chi connectivity index (χ0n) is 16.4. The summed E-state index contributed by atoms with van der Waals surface area (Å²) in [6.07, 6.45) is 7.35. The van der Waals surface area contributed by atoms with E-state index in [0.717, 1.165) is 5.56 Å². The highest BCUT2D eigenvalue weighted by Gasteiger charge is 2.30. The second kappa shape index (κ2) is 8.23. The average Bonchev–Trinajstić information content (AvgIpc) is 3.17. The topological polar surface area (TPSA) is 101 Å². The first-order valence-electron chi connectivity index (χ1n) is 9.40. The Labute approximate surface area is 177 Å². The summed E-state index contributed by atoms with van der Waals surface area (Å²) < 4.78 is 15.2. The van der Waals surface area contributed by atoms with Crippen LogP contribution in [-0.2, 0) is 17.9 Å². The van der Waals surface area contributed by atoms with Gasteiger partial charge in [0.25, 0.3) is 0 Å². The normalized spacial score (nSPS) is 15.7. The van der Waals surface area contributed by atoms with E-state index in [1.54, 1.807) is 17.1 Å². The second-order valence-corrected chi connectivity index (χ2v) is 7.33. The molecule has 1 atom stereocenters. The minimum absolute atomic E-state index is 0.0556. The van der Waals surface area contributed by atoms with E-state index >= 15 is 0 Å². The molecule has 0 fully saturated rings. The fraction of sp³-hybridized carbons (Fsp3) is 0.316. The van der Waals surface area contributed by atoms with E-state index in [-0.39, 0.29) is 17.1 Å². The van der Waals surface area contributed by atoms with E-state index in [2.05, 4.69) is 30.7 Å². The maximum atomic E-state index is 13.5. The molecule has 0 unspecified atom stereocenters. The highest BCUT2D eigenvalue weighted by Crippen LogP contribution is 2.30. The van der Waals surface area contributed by atoms with Crippen molar-refractivity contribution < 1.29 is 9.18 Å². The van der Waals surface area contributed by atoms with E-state index in [1.165, 1.54) is 12.3 Å². The number of carbonyl (C=O) groups is 1. The fourth-order valence-electron chi connectivity index (χ4n) is 3.31. The Balaban J connectivity index is 1.41. The third kappa shape index (κ3) is 4.04. The van der Waals surface area contributed by atoms with Gasteiger partial charge in [-0.1, -0.05) is 18.5 Å². The van der Waals surface area contributed by atoms with Crippen molar-refractivity contribution in [2.45, 2.75) is 32.5 Å². The maximum absolute atomic E-state index is 13.5. The Kier molecular flexibility index (Phi) is 5.49. The zero-order valence-corrected chi connectivity index (χ0v) is 17.2. The van der Waals surface area contributed by atoms with Crippen LogP contribution in [0.15, 0.2) is 30.9 Å². The Hall–Kier alpha value is -3.27. The van der Waals surface area contributed by atoms with Crippen LogP contribution in [0.2, 0.25) is 5.15 Å². The lowest BCUT2D eigenvalue weighted by atomic mass is 10.1. The molecule has 3 aromatic rings. The van der Waals surface area contributed by atoms with Crippen molar-refractivity contribution in [2.24, 2.45) is 0 Å².